The Labute approximate surface area is 405 Å². The quantitative estimate of drug-likeness (QED) is 0.0725. The molecule has 0 spiro atoms. The van der Waals surface area contributed by atoms with E-state index in [1.807, 2.05) is 109 Å². The fraction of sp³-hybridized carbons (Fsp3) is 0.133. The van der Waals surface area contributed by atoms with Crippen LogP contribution in [0.4, 0.5) is 0 Å². The number of rotatable bonds is 20. The van der Waals surface area contributed by atoms with E-state index in [0.29, 0.717) is 37.9 Å². The molecule has 0 bridgehead atoms. The molecule has 0 saturated carbocycles. The van der Waals surface area contributed by atoms with Gasteiger partial charge in [-0.25, -0.2) is 0 Å². The predicted octanol–water partition coefficient (Wildman–Crippen LogP) is 13.4. The number of hydrogen-bond acceptors (Lipinski definition) is 9. The minimum Gasteiger partial charge on any atom is -0.491 e. The molecule has 0 aliphatic rings. The van der Waals surface area contributed by atoms with Crippen LogP contribution in [0.1, 0.15) is 0 Å². The van der Waals surface area contributed by atoms with Crippen LogP contribution in [-0.2, 0) is 0 Å². The normalized spacial score (nSPS) is 11.3. The summed E-state index contributed by atoms with van der Waals surface area (Å²) in [4.78, 5) is 2.16. The predicted molar refractivity (Wildman–Crippen MR) is 278 cm³/mol. The molecule has 0 unspecified atom stereocenters. The summed E-state index contributed by atoms with van der Waals surface area (Å²) < 4.78 is 37.5. The lowest BCUT2D eigenvalue weighted by atomic mass is 9.92. The smallest absolute Gasteiger partial charge is 0.128 e. The third-order valence-corrected chi connectivity index (χ3v) is 12.9. The Morgan fingerprint density at radius 2 is 0.551 bits per heavy atom. The lowest BCUT2D eigenvalue weighted by molar-refractivity contribution is 0.202. The number of aliphatic hydroxyl groups excluding tert-OH is 2. The summed E-state index contributed by atoms with van der Waals surface area (Å²) in [5.41, 5.74) is 3.75. The van der Waals surface area contributed by atoms with Gasteiger partial charge in [-0.1, -0.05) is 133 Å². The summed E-state index contributed by atoms with van der Waals surface area (Å²) in [5, 5.41) is 27.8. The summed E-state index contributed by atoms with van der Waals surface area (Å²) in [5.74, 6) is 4.35. The van der Waals surface area contributed by atoms with Crippen molar-refractivity contribution >= 4 is 54.9 Å². The van der Waals surface area contributed by atoms with E-state index in [4.69, 9.17) is 28.4 Å². The van der Waals surface area contributed by atoms with Crippen LogP contribution in [0.25, 0.3) is 65.3 Å². The largest absolute Gasteiger partial charge is 0.491 e. The van der Waals surface area contributed by atoms with Crippen molar-refractivity contribution in [2.45, 2.75) is 9.79 Å². The lowest BCUT2D eigenvalue weighted by Gasteiger charge is -2.19. The molecule has 0 aliphatic heterocycles. The zero-order chi connectivity index (χ0) is 46.8. The summed E-state index contributed by atoms with van der Waals surface area (Å²) in [7, 11) is 0. The summed E-state index contributed by atoms with van der Waals surface area (Å²) in [6, 6.07) is 65.4. The van der Waals surface area contributed by atoms with E-state index in [1.165, 1.54) is 0 Å². The Morgan fingerprint density at radius 3 is 0.855 bits per heavy atom. The molecule has 0 heterocycles. The van der Waals surface area contributed by atoms with Gasteiger partial charge in [-0.3, -0.25) is 0 Å². The van der Waals surface area contributed by atoms with E-state index in [2.05, 4.69) is 84.9 Å². The Balaban J connectivity index is 0.755. The van der Waals surface area contributed by atoms with Gasteiger partial charge in [0.25, 0.3) is 0 Å². The number of aliphatic hydroxyl groups is 2. The fourth-order valence-corrected chi connectivity index (χ4v) is 9.61. The molecule has 0 aromatic heterocycles. The molecule has 2 N–H and O–H groups in total. The van der Waals surface area contributed by atoms with Gasteiger partial charge in [0, 0.05) is 32.0 Å². The van der Waals surface area contributed by atoms with E-state index >= 15 is 0 Å². The average molecular weight is 931 g/mol. The monoisotopic (exact) mass is 930 g/mol. The first-order chi connectivity index (χ1) is 34.1. The molecule has 10 aromatic carbocycles. The second kappa shape index (κ2) is 21.5. The van der Waals surface area contributed by atoms with Gasteiger partial charge in [0.05, 0.1) is 13.2 Å². The molecule has 9 heteroatoms. The van der Waals surface area contributed by atoms with Crippen LogP contribution in [0.3, 0.4) is 0 Å². The molecule has 10 rings (SSSR count). The van der Waals surface area contributed by atoms with Gasteiger partial charge >= 0.3 is 0 Å². The molecule has 0 radical (unpaired) electrons. The Hall–Kier alpha value is -7.69. The highest BCUT2D eigenvalue weighted by molar-refractivity contribution is 7.99. The first kappa shape index (κ1) is 45.1. The molecule has 344 valence electrons. The first-order valence-corrected chi connectivity index (χ1v) is 23.9. The molecular weight excluding hydrogens is 881 g/mol. The van der Waals surface area contributed by atoms with E-state index in [-0.39, 0.29) is 26.4 Å². The second-order valence-corrected chi connectivity index (χ2v) is 17.4. The van der Waals surface area contributed by atoms with Crippen molar-refractivity contribution in [1.82, 2.24) is 0 Å². The third kappa shape index (κ3) is 10.1. The zero-order valence-corrected chi connectivity index (χ0v) is 38.7. The van der Waals surface area contributed by atoms with Crippen LogP contribution in [0.15, 0.2) is 204 Å². The molecule has 0 atom stereocenters. The number of hydrogen-bond donors (Lipinski definition) is 2. The van der Waals surface area contributed by atoms with E-state index in [0.717, 1.165) is 98.1 Å². The standard InChI is InChI=1S/C60H50O8S/c61-33-35-65-53-29-17-41-9-1-5-13-49(41)57(53)59-51-15-7-3-11-43(51)19-31-55(59)67-39-37-63-45-21-25-47(26-22-45)69-48-27-23-46(24-28-48)64-38-40-68-56-32-20-44-12-4-8-16-52(44)60(56)58-50-14-6-2-10-42(50)18-30-54(58)66-36-34-62/h1-32,61-62H,33-40H2. The molecule has 69 heavy (non-hydrogen) atoms. The maximum Gasteiger partial charge on any atom is 0.128 e. The highest BCUT2D eigenvalue weighted by Gasteiger charge is 2.21. The van der Waals surface area contributed by atoms with E-state index in [9.17, 15) is 10.2 Å². The first-order valence-electron chi connectivity index (χ1n) is 23.1. The highest BCUT2D eigenvalue weighted by atomic mass is 32.2. The number of benzene rings is 10. The Bertz CT molecular complexity index is 3130. The minimum absolute atomic E-state index is 0.0840. The van der Waals surface area contributed by atoms with Gasteiger partial charge in [-0.05, 0) is 116 Å². The minimum atomic E-state index is -0.0840. The van der Waals surface area contributed by atoms with Gasteiger partial charge in [0.1, 0.15) is 74.1 Å². The Kier molecular flexibility index (Phi) is 14.1. The molecule has 0 amide bonds. The van der Waals surface area contributed by atoms with Gasteiger partial charge in [0.2, 0.25) is 0 Å². The van der Waals surface area contributed by atoms with Crippen molar-refractivity contribution in [3.05, 3.63) is 194 Å². The Morgan fingerprint density at radius 1 is 0.275 bits per heavy atom. The number of fused-ring (bicyclic) bond motifs is 4. The van der Waals surface area contributed by atoms with Crippen LogP contribution in [0, 0.1) is 0 Å². The van der Waals surface area contributed by atoms with Crippen molar-refractivity contribution in [3.63, 3.8) is 0 Å². The maximum absolute atomic E-state index is 9.62. The van der Waals surface area contributed by atoms with Gasteiger partial charge in [-0.15, -0.1) is 0 Å². The lowest BCUT2D eigenvalue weighted by Crippen LogP contribution is -2.10. The average Bonchev–Trinajstić information content (AvgIpc) is 3.40. The van der Waals surface area contributed by atoms with Crippen LogP contribution in [0.2, 0.25) is 0 Å². The topological polar surface area (TPSA) is 95.8 Å². The zero-order valence-electron chi connectivity index (χ0n) is 37.9. The van der Waals surface area contributed by atoms with Crippen molar-refractivity contribution in [2.75, 3.05) is 52.9 Å². The number of ether oxygens (including phenoxy) is 6. The van der Waals surface area contributed by atoms with Crippen LogP contribution in [0.5, 0.6) is 34.5 Å². The summed E-state index contributed by atoms with van der Waals surface area (Å²) in [6.45, 7) is 1.57. The van der Waals surface area contributed by atoms with E-state index < -0.39 is 0 Å². The molecule has 0 aliphatic carbocycles. The third-order valence-electron chi connectivity index (χ3n) is 11.9. The summed E-state index contributed by atoms with van der Waals surface area (Å²) in [6.07, 6.45) is 0. The SMILES string of the molecule is OCCOc1ccc2ccccc2c1-c1c(OCCOc2ccc(Sc3ccc(OCCOc4ccc5ccccc5c4-c4c(OCCO)ccc5ccccc45)cc3)cc2)ccc2ccccc12. The van der Waals surface area contributed by atoms with Crippen molar-refractivity contribution in [3.8, 4) is 56.8 Å². The second-order valence-electron chi connectivity index (χ2n) is 16.2. The van der Waals surface area contributed by atoms with Crippen molar-refractivity contribution in [2.24, 2.45) is 0 Å². The molecule has 8 nitrogen and oxygen atoms in total. The molecule has 0 saturated heterocycles. The van der Waals surface area contributed by atoms with Crippen LogP contribution >= 0.6 is 11.8 Å². The maximum atomic E-state index is 9.62. The van der Waals surface area contributed by atoms with Crippen molar-refractivity contribution < 1.29 is 38.6 Å². The molecular formula is C60H50O8S. The fourth-order valence-electron chi connectivity index (χ4n) is 8.80. The molecule has 0 fully saturated rings. The van der Waals surface area contributed by atoms with Crippen molar-refractivity contribution in [1.29, 1.82) is 0 Å². The molecule has 10 aromatic rings. The summed E-state index contributed by atoms with van der Waals surface area (Å²) >= 11 is 1.66. The van der Waals surface area contributed by atoms with Gasteiger partial charge in [0.15, 0.2) is 0 Å². The van der Waals surface area contributed by atoms with Gasteiger partial charge in [-0.2, -0.15) is 0 Å². The highest BCUT2D eigenvalue weighted by Crippen LogP contribution is 2.47. The van der Waals surface area contributed by atoms with Crippen LogP contribution in [-0.4, -0.2) is 63.1 Å². The van der Waals surface area contributed by atoms with Crippen LogP contribution < -0.4 is 28.4 Å². The van der Waals surface area contributed by atoms with E-state index in [1.54, 1.807) is 11.8 Å². The van der Waals surface area contributed by atoms with Gasteiger partial charge < -0.3 is 38.6 Å².